The van der Waals surface area contributed by atoms with E-state index in [2.05, 4.69) is 5.32 Å². The van der Waals surface area contributed by atoms with Crippen LogP contribution in [0.4, 0.5) is 0 Å². The maximum absolute atomic E-state index is 11.8. The fourth-order valence-corrected chi connectivity index (χ4v) is 2.30. The van der Waals surface area contributed by atoms with Gasteiger partial charge in [-0.3, -0.25) is 14.1 Å². The minimum Gasteiger partial charge on any atom is -0.355 e. The van der Waals surface area contributed by atoms with E-state index in [1.165, 1.54) is 0 Å². The van der Waals surface area contributed by atoms with Gasteiger partial charge in [0, 0.05) is 38.5 Å². The van der Waals surface area contributed by atoms with E-state index in [1.54, 1.807) is 4.90 Å². The predicted octanol–water partition coefficient (Wildman–Crippen LogP) is -1.28. The summed E-state index contributed by atoms with van der Waals surface area (Å²) < 4.78 is 29.4. The molecule has 1 aliphatic rings. The second-order valence-corrected chi connectivity index (χ2v) is 6.43. The second kappa shape index (κ2) is 7.55. The van der Waals surface area contributed by atoms with Gasteiger partial charge in [-0.2, -0.15) is 8.42 Å². The molecule has 0 aromatic heterocycles. The minimum atomic E-state index is -4.08. The van der Waals surface area contributed by atoms with Crippen LogP contribution in [0.3, 0.4) is 0 Å². The third kappa shape index (κ3) is 6.83. The first-order valence-electron chi connectivity index (χ1n) is 6.53. The van der Waals surface area contributed by atoms with Crippen molar-refractivity contribution in [3.63, 3.8) is 0 Å². The fourth-order valence-electron chi connectivity index (χ4n) is 1.94. The first-order valence-corrected chi connectivity index (χ1v) is 8.14. The lowest BCUT2D eigenvalue weighted by Crippen LogP contribution is -2.43. The number of piperidine rings is 1. The zero-order valence-electron chi connectivity index (χ0n) is 11.2. The normalized spacial score (nSPS) is 17.0. The summed E-state index contributed by atoms with van der Waals surface area (Å²) in [7, 11) is -4.08. The Morgan fingerprint density at radius 2 is 1.85 bits per heavy atom. The molecule has 0 aromatic carbocycles. The van der Waals surface area contributed by atoms with Crippen LogP contribution in [-0.2, 0) is 19.7 Å². The van der Waals surface area contributed by atoms with Crippen LogP contribution in [0, 0.1) is 0 Å². The largest absolute Gasteiger partial charge is 0.355 e. The van der Waals surface area contributed by atoms with Crippen molar-refractivity contribution in [1.29, 1.82) is 0 Å². The zero-order valence-corrected chi connectivity index (χ0v) is 12.1. The van der Waals surface area contributed by atoms with Crippen LogP contribution < -0.4 is 11.1 Å². The molecule has 1 heterocycles. The average molecular weight is 307 g/mol. The summed E-state index contributed by atoms with van der Waals surface area (Å²) in [6, 6.07) is 0.141. The Labute approximate surface area is 118 Å². The number of carbonyl (C=O) groups excluding carboxylic acids is 2. The number of hydrogen-bond donors (Lipinski definition) is 3. The summed E-state index contributed by atoms with van der Waals surface area (Å²) in [4.78, 5) is 24.9. The fraction of sp³-hybridized carbons (Fsp3) is 0.818. The van der Waals surface area contributed by atoms with E-state index in [0.717, 1.165) is 12.8 Å². The Morgan fingerprint density at radius 1 is 1.25 bits per heavy atom. The van der Waals surface area contributed by atoms with Gasteiger partial charge in [-0.05, 0) is 12.8 Å². The van der Waals surface area contributed by atoms with Crippen molar-refractivity contribution in [2.75, 3.05) is 25.4 Å². The maximum atomic E-state index is 11.8. The van der Waals surface area contributed by atoms with Crippen molar-refractivity contribution in [3.05, 3.63) is 0 Å². The molecular formula is C11H21N3O5S. The van der Waals surface area contributed by atoms with Gasteiger partial charge >= 0.3 is 0 Å². The smallest absolute Gasteiger partial charge is 0.266 e. The van der Waals surface area contributed by atoms with Crippen LogP contribution in [0.2, 0.25) is 0 Å². The molecule has 0 unspecified atom stereocenters. The van der Waals surface area contributed by atoms with E-state index in [9.17, 15) is 18.0 Å². The highest BCUT2D eigenvalue weighted by Crippen LogP contribution is 2.10. The molecule has 1 saturated heterocycles. The maximum Gasteiger partial charge on any atom is 0.266 e. The van der Waals surface area contributed by atoms with E-state index in [1.807, 2.05) is 0 Å². The molecule has 116 valence electrons. The number of hydrogen-bond acceptors (Lipinski definition) is 5. The quantitative estimate of drug-likeness (QED) is 0.524. The van der Waals surface area contributed by atoms with Gasteiger partial charge in [0.15, 0.2) is 0 Å². The standard InChI is InChI=1S/C11H21N3O5S/c12-9-3-6-14(7-4-9)11(16)2-1-10(15)13-5-8-20(17,18)19/h9H,1-8,12H2,(H,13,15)(H,17,18,19). The van der Waals surface area contributed by atoms with Crippen molar-refractivity contribution in [2.45, 2.75) is 31.7 Å². The van der Waals surface area contributed by atoms with Crippen molar-refractivity contribution < 1.29 is 22.6 Å². The van der Waals surface area contributed by atoms with Gasteiger partial charge in [0.2, 0.25) is 11.8 Å². The SMILES string of the molecule is NC1CCN(C(=O)CCC(=O)NCCS(=O)(=O)O)CC1. The van der Waals surface area contributed by atoms with Crippen LogP contribution in [0.25, 0.3) is 0 Å². The lowest BCUT2D eigenvalue weighted by molar-refractivity contribution is -0.134. The molecule has 0 aliphatic carbocycles. The van der Waals surface area contributed by atoms with Gasteiger partial charge in [-0.1, -0.05) is 0 Å². The molecule has 20 heavy (non-hydrogen) atoms. The highest BCUT2D eigenvalue weighted by Gasteiger charge is 2.20. The van der Waals surface area contributed by atoms with Crippen LogP contribution in [0.5, 0.6) is 0 Å². The molecule has 1 aliphatic heterocycles. The molecule has 0 saturated carbocycles. The van der Waals surface area contributed by atoms with Gasteiger partial charge in [-0.25, -0.2) is 0 Å². The van der Waals surface area contributed by atoms with E-state index < -0.39 is 21.8 Å². The molecular weight excluding hydrogens is 286 g/mol. The minimum absolute atomic E-state index is 0.00681. The third-order valence-corrected chi connectivity index (χ3v) is 3.86. The van der Waals surface area contributed by atoms with Gasteiger partial charge in [-0.15, -0.1) is 0 Å². The Kier molecular flexibility index (Phi) is 6.37. The Morgan fingerprint density at radius 3 is 2.40 bits per heavy atom. The summed E-state index contributed by atoms with van der Waals surface area (Å²) in [5.74, 6) is -1.03. The number of nitrogens with one attached hydrogen (secondary N) is 1. The van der Waals surface area contributed by atoms with Gasteiger partial charge in [0.1, 0.15) is 0 Å². The van der Waals surface area contributed by atoms with E-state index >= 15 is 0 Å². The molecule has 0 atom stereocenters. The Balaban J connectivity index is 2.19. The third-order valence-electron chi connectivity index (χ3n) is 3.14. The molecule has 0 radical (unpaired) electrons. The first kappa shape index (κ1) is 16.9. The summed E-state index contributed by atoms with van der Waals surface area (Å²) in [5.41, 5.74) is 5.74. The number of likely N-dealkylation sites (tertiary alicyclic amines) is 1. The molecule has 0 aromatic rings. The summed E-state index contributed by atoms with van der Waals surface area (Å²) >= 11 is 0. The molecule has 0 bridgehead atoms. The molecule has 1 rings (SSSR count). The van der Waals surface area contributed by atoms with Crippen molar-refractivity contribution in [1.82, 2.24) is 10.2 Å². The lowest BCUT2D eigenvalue weighted by atomic mass is 10.1. The molecule has 0 spiro atoms. The Bertz CT molecular complexity index is 443. The average Bonchev–Trinajstić information content (AvgIpc) is 2.35. The van der Waals surface area contributed by atoms with Gasteiger partial charge < -0.3 is 16.0 Å². The van der Waals surface area contributed by atoms with Gasteiger partial charge in [0.05, 0.1) is 5.75 Å². The van der Waals surface area contributed by atoms with E-state index in [-0.39, 0.29) is 31.3 Å². The topological polar surface area (TPSA) is 130 Å². The Hall–Kier alpha value is -1.19. The summed E-state index contributed by atoms with van der Waals surface area (Å²) in [5, 5.41) is 2.34. The van der Waals surface area contributed by atoms with E-state index in [0.29, 0.717) is 13.1 Å². The number of nitrogens with zero attached hydrogens (tertiary/aromatic N) is 1. The van der Waals surface area contributed by atoms with Gasteiger partial charge in [0.25, 0.3) is 10.1 Å². The van der Waals surface area contributed by atoms with Crippen molar-refractivity contribution in [2.24, 2.45) is 5.73 Å². The van der Waals surface area contributed by atoms with Crippen molar-refractivity contribution >= 4 is 21.9 Å². The first-order chi connectivity index (χ1) is 9.28. The molecule has 4 N–H and O–H groups in total. The van der Waals surface area contributed by atoms with Crippen molar-refractivity contribution in [3.8, 4) is 0 Å². The number of rotatable bonds is 6. The molecule has 2 amide bonds. The second-order valence-electron chi connectivity index (χ2n) is 4.85. The van der Waals surface area contributed by atoms with Crippen LogP contribution >= 0.6 is 0 Å². The molecule has 8 nitrogen and oxygen atoms in total. The van der Waals surface area contributed by atoms with Crippen LogP contribution in [0.1, 0.15) is 25.7 Å². The molecule has 9 heteroatoms. The van der Waals surface area contributed by atoms with Crippen LogP contribution in [0.15, 0.2) is 0 Å². The molecule has 1 fully saturated rings. The summed E-state index contributed by atoms with van der Waals surface area (Å²) in [6.07, 6.45) is 1.64. The lowest BCUT2D eigenvalue weighted by Gasteiger charge is -2.30. The number of carbonyl (C=O) groups is 2. The van der Waals surface area contributed by atoms with E-state index in [4.69, 9.17) is 10.3 Å². The van der Waals surface area contributed by atoms with Crippen LogP contribution in [-0.4, -0.2) is 61.1 Å². The zero-order chi connectivity index (χ0) is 15.2. The predicted molar refractivity (Wildman–Crippen MR) is 72.4 cm³/mol. The number of amides is 2. The monoisotopic (exact) mass is 307 g/mol. The highest BCUT2D eigenvalue weighted by molar-refractivity contribution is 7.85. The number of nitrogens with two attached hydrogens (primary N) is 1. The summed E-state index contributed by atoms with van der Waals surface area (Å²) in [6.45, 7) is 1.07. The highest BCUT2D eigenvalue weighted by atomic mass is 32.2.